The van der Waals surface area contributed by atoms with Crippen LogP contribution in [0.5, 0.6) is 0 Å². The summed E-state index contributed by atoms with van der Waals surface area (Å²) in [7, 11) is -5.13. The molecule has 0 bridgehead atoms. The highest BCUT2D eigenvalue weighted by molar-refractivity contribution is 7.47. The van der Waals surface area contributed by atoms with Crippen LogP contribution in [-0.2, 0) is 18.4 Å². The third-order valence-electron chi connectivity index (χ3n) is 9.04. The summed E-state index contributed by atoms with van der Waals surface area (Å²) in [6.07, 6.45) is 11.7. The van der Waals surface area contributed by atoms with E-state index >= 15 is 0 Å². The molecule has 9 N–H and O–H groups in total. The maximum absolute atomic E-state index is 12.8. The van der Waals surface area contributed by atoms with Crippen molar-refractivity contribution in [2.24, 2.45) is 0 Å². The van der Waals surface area contributed by atoms with E-state index in [4.69, 9.17) is 9.05 Å². The van der Waals surface area contributed by atoms with Crippen molar-refractivity contribution in [2.45, 2.75) is 191 Å². The molecule has 13 nitrogen and oxygen atoms in total. The molecule has 0 aromatic heterocycles. The third-order valence-corrected chi connectivity index (χ3v) is 10.0. The second-order valence-corrected chi connectivity index (χ2v) is 15.0. The Morgan fingerprint density at radius 1 is 0.700 bits per heavy atom. The van der Waals surface area contributed by atoms with Gasteiger partial charge in [0.2, 0.25) is 5.91 Å². The molecule has 0 aromatic rings. The highest BCUT2D eigenvalue weighted by atomic mass is 31.2. The minimum atomic E-state index is -5.13. The van der Waals surface area contributed by atoms with E-state index in [0.29, 0.717) is 12.8 Å². The van der Waals surface area contributed by atoms with Crippen molar-refractivity contribution in [1.82, 2.24) is 5.32 Å². The van der Waals surface area contributed by atoms with Gasteiger partial charge in [-0.15, -0.1) is 0 Å². The first kappa shape index (κ1) is 46.8. The van der Waals surface area contributed by atoms with E-state index < -0.39 is 75.2 Å². The van der Waals surface area contributed by atoms with Gasteiger partial charge in [-0.2, -0.15) is 0 Å². The molecular formula is C36H68NO12P. The van der Waals surface area contributed by atoms with Gasteiger partial charge in [0.1, 0.15) is 36.6 Å². The summed E-state index contributed by atoms with van der Waals surface area (Å²) in [5, 5.41) is 73.8. The molecule has 0 aliphatic heterocycles. The molecule has 294 valence electrons. The van der Waals surface area contributed by atoms with Crippen molar-refractivity contribution in [3.05, 3.63) is 24.3 Å². The zero-order valence-corrected chi connectivity index (χ0v) is 31.2. The summed E-state index contributed by atoms with van der Waals surface area (Å²) in [6, 6.07) is -1.25. The van der Waals surface area contributed by atoms with Gasteiger partial charge < -0.3 is 46.0 Å². The summed E-state index contributed by atoms with van der Waals surface area (Å²) in [5.41, 5.74) is 0. The second kappa shape index (κ2) is 27.4. The Hall–Kier alpha value is -1.22. The van der Waals surface area contributed by atoms with Crippen LogP contribution in [0.2, 0.25) is 0 Å². The normalized spacial score (nSPS) is 25.9. The van der Waals surface area contributed by atoms with Crippen LogP contribution < -0.4 is 5.32 Å². The molecule has 0 saturated heterocycles. The standard InChI is InChI=1S/C36H68NO12P/c1-3-5-7-9-11-13-14-15-16-18-20-22-24-29(39)28(37-30(40)25-27(38)23-21-19-17-12-10-8-6-4-2)26-48-50(46,47)49-36-34(44)32(42)31(41)33(43)35(36)45/h15-16,22,24,27-29,31-36,38-39,41-45H,3-14,17-21,23,25-26H2,1-2H3,(H,37,40)(H,46,47)/b16-15+,24-22+. The molecule has 0 radical (unpaired) electrons. The molecule has 1 aliphatic carbocycles. The Labute approximate surface area is 299 Å². The van der Waals surface area contributed by atoms with Crippen LogP contribution >= 0.6 is 7.82 Å². The van der Waals surface area contributed by atoms with Crippen molar-refractivity contribution in [3.8, 4) is 0 Å². The topological polar surface area (TPSA) is 226 Å². The van der Waals surface area contributed by atoms with Crippen LogP contribution in [0.15, 0.2) is 24.3 Å². The fourth-order valence-electron chi connectivity index (χ4n) is 5.84. The maximum atomic E-state index is 12.8. The summed E-state index contributed by atoms with van der Waals surface area (Å²) < 4.78 is 22.7. The largest absolute Gasteiger partial charge is 0.472 e. The molecule has 1 fully saturated rings. The summed E-state index contributed by atoms with van der Waals surface area (Å²) >= 11 is 0. The molecule has 0 spiro atoms. The zero-order valence-electron chi connectivity index (χ0n) is 30.3. The number of nitrogens with one attached hydrogen (secondary N) is 1. The van der Waals surface area contributed by atoms with E-state index in [-0.39, 0.29) is 6.42 Å². The molecule has 0 aromatic carbocycles. The molecule has 14 heteroatoms. The van der Waals surface area contributed by atoms with E-state index in [1.807, 2.05) is 0 Å². The molecule has 8 atom stereocenters. The predicted molar refractivity (Wildman–Crippen MR) is 192 cm³/mol. The Morgan fingerprint density at radius 3 is 1.76 bits per heavy atom. The number of phosphoric acid groups is 1. The van der Waals surface area contributed by atoms with Gasteiger partial charge in [-0.05, 0) is 32.1 Å². The highest BCUT2D eigenvalue weighted by Gasteiger charge is 2.51. The Morgan fingerprint density at radius 2 is 1.18 bits per heavy atom. The van der Waals surface area contributed by atoms with Crippen molar-refractivity contribution in [2.75, 3.05) is 6.61 Å². The number of aliphatic hydroxyl groups is 7. The van der Waals surface area contributed by atoms with Crippen molar-refractivity contribution >= 4 is 13.7 Å². The van der Waals surface area contributed by atoms with Crippen LogP contribution in [0.4, 0.5) is 0 Å². The fraction of sp³-hybridized carbons (Fsp3) is 0.861. The van der Waals surface area contributed by atoms with Gasteiger partial charge in [-0.1, -0.05) is 122 Å². The first-order valence-electron chi connectivity index (χ1n) is 18.9. The fourth-order valence-corrected chi connectivity index (χ4v) is 6.81. The van der Waals surface area contributed by atoms with Gasteiger partial charge in [0.25, 0.3) is 0 Å². The van der Waals surface area contributed by atoms with Crippen LogP contribution in [0, 0.1) is 0 Å². The lowest BCUT2D eigenvalue weighted by atomic mass is 9.85. The summed E-state index contributed by atoms with van der Waals surface area (Å²) in [4.78, 5) is 23.2. The average molecular weight is 738 g/mol. The van der Waals surface area contributed by atoms with E-state index in [9.17, 15) is 50.0 Å². The molecule has 8 unspecified atom stereocenters. The monoisotopic (exact) mass is 737 g/mol. The van der Waals surface area contributed by atoms with Gasteiger partial charge in [-0.25, -0.2) is 4.57 Å². The van der Waals surface area contributed by atoms with Gasteiger partial charge in [0.15, 0.2) is 0 Å². The van der Waals surface area contributed by atoms with Crippen LogP contribution in [0.1, 0.15) is 136 Å². The molecule has 1 amide bonds. The third kappa shape index (κ3) is 20.1. The van der Waals surface area contributed by atoms with Crippen molar-refractivity contribution in [1.29, 1.82) is 0 Å². The van der Waals surface area contributed by atoms with Gasteiger partial charge >= 0.3 is 7.82 Å². The first-order chi connectivity index (χ1) is 23.8. The Balaban J connectivity index is 2.72. The summed E-state index contributed by atoms with van der Waals surface area (Å²) in [5.74, 6) is -0.609. The van der Waals surface area contributed by atoms with Gasteiger partial charge in [0.05, 0.1) is 31.3 Å². The van der Waals surface area contributed by atoms with Crippen LogP contribution in [0.25, 0.3) is 0 Å². The van der Waals surface area contributed by atoms with Gasteiger partial charge in [-0.3, -0.25) is 13.8 Å². The van der Waals surface area contributed by atoms with Crippen molar-refractivity contribution in [3.63, 3.8) is 0 Å². The SMILES string of the molecule is CCCCCCCC/C=C/CC/C=C/C(O)C(COP(=O)(O)OC1C(O)C(O)C(O)C(O)C1O)NC(=O)CC(O)CCCCCCCCCC. The highest BCUT2D eigenvalue weighted by Crippen LogP contribution is 2.47. The lowest BCUT2D eigenvalue weighted by Crippen LogP contribution is -2.64. The molecular weight excluding hydrogens is 669 g/mol. The first-order valence-corrected chi connectivity index (χ1v) is 20.4. The number of amides is 1. The quantitative estimate of drug-likeness (QED) is 0.0301. The number of unbranched alkanes of at least 4 members (excludes halogenated alkanes) is 14. The molecule has 1 aliphatic rings. The number of hydrogen-bond acceptors (Lipinski definition) is 11. The molecule has 1 rings (SSSR count). The van der Waals surface area contributed by atoms with E-state index in [2.05, 4.69) is 31.3 Å². The number of hydrogen-bond donors (Lipinski definition) is 9. The molecule has 1 saturated carbocycles. The predicted octanol–water partition coefficient (Wildman–Crippen LogP) is 4.08. The zero-order chi connectivity index (χ0) is 37.4. The minimum Gasteiger partial charge on any atom is -0.393 e. The lowest BCUT2D eigenvalue weighted by molar-refractivity contribution is -0.220. The van der Waals surface area contributed by atoms with E-state index in [1.54, 1.807) is 6.08 Å². The maximum Gasteiger partial charge on any atom is 0.472 e. The smallest absolute Gasteiger partial charge is 0.393 e. The number of phosphoric ester groups is 1. The minimum absolute atomic E-state index is 0.251. The van der Waals surface area contributed by atoms with Gasteiger partial charge in [0, 0.05) is 0 Å². The summed E-state index contributed by atoms with van der Waals surface area (Å²) in [6.45, 7) is 3.62. The molecule has 50 heavy (non-hydrogen) atoms. The van der Waals surface area contributed by atoms with E-state index in [1.165, 1.54) is 63.9 Å². The molecule has 0 heterocycles. The van der Waals surface area contributed by atoms with E-state index in [0.717, 1.165) is 44.9 Å². The lowest BCUT2D eigenvalue weighted by Gasteiger charge is -2.41. The second-order valence-electron chi connectivity index (χ2n) is 13.6. The van der Waals surface area contributed by atoms with Crippen LogP contribution in [-0.4, -0.2) is 108 Å². The number of carbonyl (C=O) groups is 1. The number of carbonyl (C=O) groups excluding carboxylic acids is 1. The number of rotatable bonds is 29. The Kier molecular flexibility index (Phi) is 25.6. The Bertz CT molecular complexity index is 969. The van der Waals surface area contributed by atoms with Crippen molar-refractivity contribution < 1.29 is 59.0 Å². The number of aliphatic hydroxyl groups excluding tert-OH is 7. The number of allylic oxidation sites excluding steroid dienone is 3. The average Bonchev–Trinajstić information content (AvgIpc) is 3.08. The van der Waals surface area contributed by atoms with Crippen LogP contribution in [0.3, 0.4) is 0 Å².